The predicted molar refractivity (Wildman–Crippen MR) is 137 cm³/mol. The summed E-state index contributed by atoms with van der Waals surface area (Å²) in [4.78, 5) is 13.4. The highest BCUT2D eigenvalue weighted by Crippen LogP contribution is 2.40. The molecule has 0 spiro atoms. The zero-order valence-corrected chi connectivity index (χ0v) is 20.6. The van der Waals surface area contributed by atoms with E-state index in [4.69, 9.17) is 5.32 Å². The van der Waals surface area contributed by atoms with Gasteiger partial charge in [0.05, 0.1) is 10.9 Å². The van der Waals surface area contributed by atoms with Crippen LogP contribution in [0.2, 0.25) is 0 Å². The summed E-state index contributed by atoms with van der Waals surface area (Å²) in [6.45, 7) is 1.06. The third-order valence-corrected chi connectivity index (χ3v) is 9.34. The third-order valence-electron chi connectivity index (χ3n) is 7.45. The van der Waals surface area contributed by atoms with Gasteiger partial charge in [0.25, 0.3) is 0 Å². The molecule has 2 aliphatic rings. The molecule has 4 unspecified atom stereocenters. The minimum atomic E-state index is -3.68. The molecule has 2 saturated heterocycles. The van der Waals surface area contributed by atoms with Crippen molar-refractivity contribution in [2.75, 3.05) is 13.1 Å². The van der Waals surface area contributed by atoms with Gasteiger partial charge in [-0.05, 0) is 49.3 Å². The number of benzene rings is 3. The molecule has 5 nitrogen and oxygen atoms in total. The summed E-state index contributed by atoms with van der Waals surface area (Å²) in [5.41, 5.74) is 1.77. The average molecular weight is 488 g/mol. The Hall–Kier alpha value is -2.80. The maximum atomic E-state index is 13.8. The lowest BCUT2D eigenvalue weighted by atomic mass is 9.78. The van der Waals surface area contributed by atoms with Crippen molar-refractivity contribution < 1.29 is 13.2 Å². The van der Waals surface area contributed by atoms with E-state index in [-0.39, 0.29) is 29.7 Å². The molecule has 4 atom stereocenters. The first-order valence-electron chi connectivity index (χ1n) is 12.4. The van der Waals surface area contributed by atoms with Gasteiger partial charge in [0.1, 0.15) is 0 Å². The molecule has 2 heterocycles. The molecular formula is C29H31N2O3S. The number of ketones is 1. The Balaban J connectivity index is 1.39. The van der Waals surface area contributed by atoms with Gasteiger partial charge < -0.3 is 0 Å². The smallest absolute Gasteiger partial charge is 0.243 e. The maximum absolute atomic E-state index is 13.8. The van der Waals surface area contributed by atoms with E-state index in [9.17, 15) is 13.2 Å². The largest absolute Gasteiger partial charge is 0.294 e. The van der Waals surface area contributed by atoms with Crippen LogP contribution in [0.25, 0.3) is 0 Å². The molecule has 2 fully saturated rings. The van der Waals surface area contributed by atoms with Crippen molar-refractivity contribution in [3.8, 4) is 0 Å². The van der Waals surface area contributed by atoms with Gasteiger partial charge in [-0.15, -0.1) is 0 Å². The molecule has 0 amide bonds. The Bertz CT molecular complexity index is 1230. The molecule has 6 heteroatoms. The van der Waals surface area contributed by atoms with Crippen LogP contribution in [0.4, 0.5) is 0 Å². The quantitative estimate of drug-likeness (QED) is 0.455. The van der Waals surface area contributed by atoms with Crippen molar-refractivity contribution in [2.45, 2.75) is 42.7 Å². The van der Waals surface area contributed by atoms with Crippen molar-refractivity contribution in [3.05, 3.63) is 102 Å². The Morgan fingerprint density at radius 3 is 2.11 bits per heavy atom. The van der Waals surface area contributed by atoms with E-state index in [1.165, 1.54) is 0 Å². The van der Waals surface area contributed by atoms with Crippen LogP contribution in [0.15, 0.2) is 95.9 Å². The van der Waals surface area contributed by atoms with Crippen molar-refractivity contribution in [1.82, 2.24) is 9.62 Å². The van der Waals surface area contributed by atoms with Crippen LogP contribution in [0.1, 0.15) is 47.6 Å². The summed E-state index contributed by atoms with van der Waals surface area (Å²) < 4.78 is 29.3. The highest BCUT2D eigenvalue weighted by molar-refractivity contribution is 7.89. The fourth-order valence-electron chi connectivity index (χ4n) is 5.58. The molecule has 0 aliphatic carbocycles. The van der Waals surface area contributed by atoms with Crippen LogP contribution in [0.5, 0.6) is 0 Å². The van der Waals surface area contributed by atoms with E-state index in [1.54, 1.807) is 28.6 Å². The molecule has 2 aliphatic heterocycles. The number of hydrogen-bond donors (Lipinski definition) is 0. The number of rotatable bonds is 6. The Morgan fingerprint density at radius 1 is 0.800 bits per heavy atom. The molecule has 3 aromatic carbocycles. The number of nitrogens with zero attached hydrogens (tertiary/aromatic N) is 2. The Morgan fingerprint density at radius 2 is 1.43 bits per heavy atom. The van der Waals surface area contributed by atoms with Crippen LogP contribution >= 0.6 is 0 Å². The van der Waals surface area contributed by atoms with Crippen LogP contribution < -0.4 is 5.32 Å². The average Bonchev–Trinajstić information content (AvgIpc) is 2.94. The number of hydrogen-bond acceptors (Lipinski definition) is 3. The van der Waals surface area contributed by atoms with E-state index in [0.29, 0.717) is 24.4 Å². The van der Waals surface area contributed by atoms with Crippen LogP contribution in [0, 0.1) is 11.8 Å². The van der Waals surface area contributed by atoms with Gasteiger partial charge in [-0.1, -0.05) is 78.9 Å². The SMILES string of the molecule is O=C(c1ccccc1)C1CC[N]C(C2CCC(c3ccccc3)N(S(=O)(=O)c3ccccc3)C2)C1. The fraction of sp³-hybridized carbons (Fsp3) is 0.345. The highest BCUT2D eigenvalue weighted by Gasteiger charge is 2.42. The zero-order valence-electron chi connectivity index (χ0n) is 19.7. The normalized spacial score (nSPS) is 25.7. The second-order valence-electron chi connectivity index (χ2n) is 9.58. The monoisotopic (exact) mass is 487 g/mol. The molecule has 181 valence electrons. The summed E-state index contributed by atoms with van der Waals surface area (Å²) in [6, 6.07) is 27.9. The summed E-state index contributed by atoms with van der Waals surface area (Å²) in [5, 5.41) is 4.89. The van der Waals surface area contributed by atoms with E-state index >= 15 is 0 Å². The number of piperidine rings is 2. The number of carbonyl (C=O) groups is 1. The van der Waals surface area contributed by atoms with Gasteiger partial charge in [-0.25, -0.2) is 13.7 Å². The van der Waals surface area contributed by atoms with Crippen molar-refractivity contribution in [1.29, 1.82) is 0 Å². The second kappa shape index (κ2) is 10.4. The van der Waals surface area contributed by atoms with Crippen molar-refractivity contribution in [3.63, 3.8) is 0 Å². The second-order valence-corrected chi connectivity index (χ2v) is 11.5. The fourth-order valence-corrected chi connectivity index (χ4v) is 7.30. The zero-order chi connectivity index (χ0) is 24.3. The predicted octanol–water partition coefficient (Wildman–Crippen LogP) is 5.09. The summed E-state index contributed by atoms with van der Waals surface area (Å²) in [6.07, 6.45) is 3.08. The lowest BCUT2D eigenvalue weighted by Gasteiger charge is -2.43. The summed E-state index contributed by atoms with van der Waals surface area (Å²) in [5.74, 6) is 0.211. The van der Waals surface area contributed by atoms with Gasteiger partial charge in [0.2, 0.25) is 10.0 Å². The van der Waals surface area contributed by atoms with E-state index < -0.39 is 10.0 Å². The highest BCUT2D eigenvalue weighted by atomic mass is 32.2. The number of carbonyl (C=O) groups excluding carboxylic acids is 1. The van der Waals surface area contributed by atoms with Gasteiger partial charge >= 0.3 is 0 Å². The Kier molecular flexibility index (Phi) is 7.14. The van der Waals surface area contributed by atoms with Crippen molar-refractivity contribution >= 4 is 15.8 Å². The first-order valence-corrected chi connectivity index (χ1v) is 13.9. The lowest BCUT2D eigenvalue weighted by Crippen LogP contribution is -2.49. The molecule has 3 aromatic rings. The van der Waals surface area contributed by atoms with Crippen LogP contribution in [0.3, 0.4) is 0 Å². The third kappa shape index (κ3) is 5.10. The van der Waals surface area contributed by atoms with Gasteiger partial charge in [-0.2, -0.15) is 4.31 Å². The van der Waals surface area contributed by atoms with E-state index in [2.05, 4.69) is 0 Å². The van der Waals surface area contributed by atoms with Gasteiger partial charge in [-0.3, -0.25) is 4.79 Å². The lowest BCUT2D eigenvalue weighted by molar-refractivity contribution is 0.0825. The number of sulfonamides is 1. The van der Waals surface area contributed by atoms with Crippen LogP contribution in [-0.2, 0) is 10.0 Å². The minimum Gasteiger partial charge on any atom is -0.294 e. The van der Waals surface area contributed by atoms with E-state index in [0.717, 1.165) is 30.4 Å². The molecule has 5 rings (SSSR count). The number of Topliss-reactive ketones (excluding diaryl/α,β-unsaturated/α-hetero) is 1. The topological polar surface area (TPSA) is 68.6 Å². The van der Waals surface area contributed by atoms with Gasteiger partial charge in [0, 0.05) is 30.6 Å². The van der Waals surface area contributed by atoms with Crippen molar-refractivity contribution in [2.24, 2.45) is 11.8 Å². The molecule has 1 radical (unpaired) electrons. The molecule has 0 N–H and O–H groups in total. The van der Waals surface area contributed by atoms with Gasteiger partial charge in [0.15, 0.2) is 5.78 Å². The summed E-state index contributed by atoms with van der Waals surface area (Å²) in [7, 11) is -3.68. The van der Waals surface area contributed by atoms with Crippen LogP contribution in [-0.4, -0.2) is 37.6 Å². The molecule has 35 heavy (non-hydrogen) atoms. The Labute approximate surface area is 208 Å². The molecule has 0 saturated carbocycles. The standard InChI is InChI=1S/C29H31N2O3S/c32-29(23-12-6-2-7-13-23)24-18-19-30-27(20-24)25-16-17-28(22-10-4-1-5-11-22)31(21-25)35(33,34)26-14-8-3-9-15-26/h1-15,24-25,27-28H,16-21H2. The first kappa shape index (κ1) is 23.9. The first-order chi connectivity index (χ1) is 17.0. The summed E-state index contributed by atoms with van der Waals surface area (Å²) >= 11 is 0. The van der Waals surface area contributed by atoms with E-state index in [1.807, 2.05) is 66.7 Å². The molecular weight excluding hydrogens is 456 g/mol. The molecule has 0 bridgehead atoms. The minimum absolute atomic E-state index is 0.00777. The maximum Gasteiger partial charge on any atom is 0.243 e. The molecule has 0 aromatic heterocycles.